The number of benzene rings is 1. The van der Waals surface area contributed by atoms with Gasteiger partial charge in [-0.25, -0.2) is 14.2 Å². The van der Waals surface area contributed by atoms with E-state index >= 15 is 0 Å². The molecule has 1 aromatic carbocycles. The number of halogens is 2. The minimum Gasteiger partial charge on any atom is -0.477 e. The fourth-order valence-electron chi connectivity index (χ4n) is 1.24. The van der Waals surface area contributed by atoms with Crippen molar-refractivity contribution in [2.75, 3.05) is 0 Å². The normalized spacial score (nSPS) is 10.1. The minimum absolute atomic E-state index is 0.0793. The van der Waals surface area contributed by atoms with Crippen molar-refractivity contribution in [1.82, 2.24) is 4.98 Å². The molecule has 4 nitrogen and oxygen atoms in total. The molecule has 0 saturated carbocycles. The quantitative estimate of drug-likeness (QED) is 0.943. The van der Waals surface area contributed by atoms with Crippen LogP contribution in [0.4, 0.5) is 4.39 Å². The van der Waals surface area contributed by atoms with E-state index in [0.29, 0.717) is 16.0 Å². The molecule has 1 heterocycles. The van der Waals surface area contributed by atoms with Crippen molar-refractivity contribution >= 4 is 21.9 Å². The van der Waals surface area contributed by atoms with Gasteiger partial charge in [0.1, 0.15) is 23.0 Å². The number of hydrogen-bond acceptors (Lipinski definition) is 3. The molecular formula is C12H7BrFNO3. The highest BCUT2D eigenvalue weighted by Crippen LogP contribution is 2.25. The summed E-state index contributed by atoms with van der Waals surface area (Å²) < 4.78 is 18.9. The maximum Gasteiger partial charge on any atom is 0.354 e. The first-order valence-electron chi connectivity index (χ1n) is 4.88. The predicted molar refractivity (Wildman–Crippen MR) is 65.4 cm³/mol. The van der Waals surface area contributed by atoms with Crippen LogP contribution < -0.4 is 4.74 Å². The van der Waals surface area contributed by atoms with E-state index in [1.54, 1.807) is 6.07 Å². The van der Waals surface area contributed by atoms with Crippen LogP contribution in [0.25, 0.3) is 0 Å². The maximum absolute atomic E-state index is 13.2. The summed E-state index contributed by atoms with van der Waals surface area (Å²) in [6, 6.07) is 7.08. The van der Waals surface area contributed by atoms with Crippen LogP contribution in [0.15, 0.2) is 41.0 Å². The third kappa shape index (κ3) is 2.84. The number of aromatic carboxylic acids is 1. The highest BCUT2D eigenvalue weighted by molar-refractivity contribution is 9.10. The smallest absolute Gasteiger partial charge is 0.354 e. The Labute approximate surface area is 110 Å². The Bertz CT molecular complexity index is 586. The molecule has 2 rings (SSSR count). The fraction of sp³-hybridized carbons (Fsp3) is 0. The number of carboxylic acid groups (broad SMARTS) is 1. The highest BCUT2D eigenvalue weighted by Gasteiger charge is 2.06. The van der Waals surface area contributed by atoms with Crippen molar-refractivity contribution in [3.8, 4) is 11.5 Å². The zero-order chi connectivity index (χ0) is 13.1. The van der Waals surface area contributed by atoms with E-state index < -0.39 is 11.8 Å². The summed E-state index contributed by atoms with van der Waals surface area (Å²) in [4.78, 5) is 14.3. The van der Waals surface area contributed by atoms with Crippen LogP contribution in [0.1, 0.15) is 10.5 Å². The molecule has 0 unspecified atom stereocenters. The van der Waals surface area contributed by atoms with Crippen molar-refractivity contribution in [1.29, 1.82) is 0 Å². The van der Waals surface area contributed by atoms with Crippen LogP contribution in [0, 0.1) is 5.82 Å². The van der Waals surface area contributed by atoms with Gasteiger partial charge in [0.2, 0.25) is 0 Å². The number of hydrogen-bond donors (Lipinski definition) is 1. The largest absolute Gasteiger partial charge is 0.477 e. The molecule has 0 bridgehead atoms. The van der Waals surface area contributed by atoms with Crippen molar-refractivity contribution < 1.29 is 19.0 Å². The standard InChI is InChI=1S/C12H7BrFNO3/c13-9-3-1-7(5-10(9)14)18-8-2-4-11(12(16)17)15-6-8/h1-6H,(H,16,17). The number of pyridine rings is 1. The van der Waals surface area contributed by atoms with Crippen LogP contribution in [0.2, 0.25) is 0 Å². The van der Waals surface area contributed by atoms with E-state index in [0.717, 1.165) is 0 Å². The van der Waals surface area contributed by atoms with E-state index in [-0.39, 0.29) is 5.69 Å². The average Bonchev–Trinajstić information content (AvgIpc) is 2.34. The summed E-state index contributed by atoms with van der Waals surface area (Å²) in [6.07, 6.45) is 1.27. The van der Waals surface area contributed by atoms with Crippen LogP contribution in [-0.4, -0.2) is 16.1 Å². The molecule has 0 spiro atoms. The molecule has 1 N–H and O–H groups in total. The molecule has 6 heteroatoms. The van der Waals surface area contributed by atoms with Gasteiger partial charge in [-0.1, -0.05) is 0 Å². The maximum atomic E-state index is 13.2. The molecule has 18 heavy (non-hydrogen) atoms. The van der Waals surface area contributed by atoms with Crippen LogP contribution in [0.3, 0.4) is 0 Å². The molecule has 0 radical (unpaired) electrons. The van der Waals surface area contributed by atoms with E-state index in [1.807, 2.05) is 0 Å². The topological polar surface area (TPSA) is 59.4 Å². The Hall–Kier alpha value is -1.95. The number of carbonyl (C=O) groups is 1. The molecular weight excluding hydrogens is 305 g/mol. The summed E-state index contributed by atoms with van der Waals surface area (Å²) in [5.41, 5.74) is -0.0793. The molecule has 1 aromatic heterocycles. The number of aromatic nitrogens is 1. The Morgan fingerprint density at radius 1 is 1.28 bits per heavy atom. The van der Waals surface area contributed by atoms with Gasteiger partial charge in [0.25, 0.3) is 0 Å². The second-order valence-corrected chi connectivity index (χ2v) is 4.22. The van der Waals surface area contributed by atoms with Crippen molar-refractivity contribution in [3.05, 3.63) is 52.5 Å². The first-order chi connectivity index (χ1) is 8.56. The molecule has 0 fully saturated rings. The SMILES string of the molecule is O=C(O)c1ccc(Oc2ccc(Br)c(F)c2)cn1. The van der Waals surface area contributed by atoms with Gasteiger partial charge in [0, 0.05) is 6.07 Å². The van der Waals surface area contributed by atoms with Crippen molar-refractivity contribution in [3.63, 3.8) is 0 Å². The molecule has 0 amide bonds. The second kappa shape index (κ2) is 5.14. The molecule has 0 aliphatic carbocycles. The van der Waals surface area contributed by atoms with Gasteiger partial charge < -0.3 is 9.84 Å². The number of rotatable bonds is 3. The average molecular weight is 312 g/mol. The third-order valence-corrected chi connectivity index (χ3v) is 2.73. The fourth-order valence-corrected chi connectivity index (χ4v) is 1.49. The van der Waals surface area contributed by atoms with Crippen molar-refractivity contribution in [2.24, 2.45) is 0 Å². The monoisotopic (exact) mass is 311 g/mol. The lowest BCUT2D eigenvalue weighted by Crippen LogP contribution is -1.99. The van der Waals surface area contributed by atoms with Gasteiger partial charge in [-0.3, -0.25) is 0 Å². The first-order valence-corrected chi connectivity index (χ1v) is 5.68. The Kier molecular flexibility index (Phi) is 3.57. The van der Waals surface area contributed by atoms with Gasteiger partial charge in [-0.15, -0.1) is 0 Å². The summed E-state index contributed by atoms with van der Waals surface area (Å²) in [5, 5.41) is 8.67. The van der Waals surface area contributed by atoms with E-state index in [9.17, 15) is 9.18 Å². The summed E-state index contributed by atoms with van der Waals surface area (Å²) >= 11 is 3.03. The van der Waals surface area contributed by atoms with Gasteiger partial charge in [0.15, 0.2) is 0 Å². The van der Waals surface area contributed by atoms with E-state index in [1.165, 1.54) is 30.5 Å². The van der Waals surface area contributed by atoms with E-state index in [2.05, 4.69) is 20.9 Å². The molecule has 2 aromatic rings. The number of nitrogens with zero attached hydrogens (tertiary/aromatic N) is 1. The molecule has 0 saturated heterocycles. The minimum atomic E-state index is -1.11. The molecule has 0 aliphatic rings. The third-order valence-electron chi connectivity index (χ3n) is 2.08. The van der Waals surface area contributed by atoms with Gasteiger partial charge >= 0.3 is 5.97 Å². The van der Waals surface area contributed by atoms with Crippen molar-refractivity contribution in [2.45, 2.75) is 0 Å². The Morgan fingerprint density at radius 2 is 2.00 bits per heavy atom. The summed E-state index contributed by atoms with van der Waals surface area (Å²) in [5.74, 6) is -0.916. The summed E-state index contributed by atoms with van der Waals surface area (Å²) in [7, 11) is 0. The Balaban J connectivity index is 2.18. The second-order valence-electron chi connectivity index (χ2n) is 3.36. The van der Waals surface area contributed by atoms with Gasteiger partial charge in [0.05, 0.1) is 10.7 Å². The van der Waals surface area contributed by atoms with Crippen LogP contribution in [-0.2, 0) is 0 Å². The lowest BCUT2D eigenvalue weighted by atomic mass is 10.3. The zero-order valence-electron chi connectivity index (χ0n) is 8.93. The van der Waals surface area contributed by atoms with E-state index in [4.69, 9.17) is 9.84 Å². The highest BCUT2D eigenvalue weighted by atomic mass is 79.9. The van der Waals surface area contributed by atoms with Gasteiger partial charge in [-0.2, -0.15) is 0 Å². The predicted octanol–water partition coefficient (Wildman–Crippen LogP) is 3.47. The molecule has 92 valence electrons. The molecule has 0 atom stereocenters. The lowest BCUT2D eigenvalue weighted by molar-refractivity contribution is 0.0690. The Morgan fingerprint density at radius 3 is 2.56 bits per heavy atom. The van der Waals surface area contributed by atoms with Gasteiger partial charge in [-0.05, 0) is 40.2 Å². The summed E-state index contributed by atoms with van der Waals surface area (Å²) in [6.45, 7) is 0. The van der Waals surface area contributed by atoms with Crippen LogP contribution in [0.5, 0.6) is 11.5 Å². The van der Waals surface area contributed by atoms with Crippen LogP contribution >= 0.6 is 15.9 Å². The number of ether oxygens (including phenoxy) is 1. The lowest BCUT2D eigenvalue weighted by Gasteiger charge is -2.05. The molecule has 0 aliphatic heterocycles. The number of carboxylic acids is 1. The zero-order valence-corrected chi connectivity index (χ0v) is 10.5. The first kappa shape index (κ1) is 12.5.